The number of carbonyl (C=O) groups excluding carboxylic acids is 1. The molecule has 4 rings (SSSR count). The Kier molecular flexibility index (Phi) is 6.10. The molecule has 1 amide bonds. The van der Waals surface area contributed by atoms with Gasteiger partial charge in [-0.3, -0.25) is 9.00 Å². The van der Waals surface area contributed by atoms with Crippen molar-refractivity contribution in [3.05, 3.63) is 18.2 Å². The van der Waals surface area contributed by atoms with Crippen LogP contribution in [0.5, 0.6) is 11.5 Å². The highest BCUT2D eigenvalue weighted by molar-refractivity contribution is 7.85. The molecular weight excluding hydrogens is 376 g/mol. The second-order valence-electron chi connectivity index (χ2n) is 7.07. The Morgan fingerprint density at radius 3 is 2.73 bits per heavy atom. The van der Waals surface area contributed by atoms with Gasteiger partial charge in [0.25, 0.3) is 0 Å². The maximum Gasteiger partial charge on any atom is 0.223 e. The van der Waals surface area contributed by atoms with E-state index < -0.39 is 10.8 Å². The van der Waals surface area contributed by atoms with Crippen LogP contribution in [0, 0.1) is 11.8 Å². The average Bonchev–Trinajstić information content (AvgIpc) is 3.21. The largest absolute Gasteiger partial charge is 0.486 e. The Hall–Kier alpha value is -1.31. The summed E-state index contributed by atoms with van der Waals surface area (Å²) in [5.74, 6) is 2.74. The van der Waals surface area contributed by atoms with Gasteiger partial charge >= 0.3 is 0 Å². The Morgan fingerprint density at radius 1 is 1.19 bits per heavy atom. The van der Waals surface area contributed by atoms with Crippen LogP contribution >= 0.6 is 12.4 Å². The maximum atomic E-state index is 12.5. The number of hydrogen-bond donors (Lipinski definition) is 1. The number of carbonyl (C=O) groups is 1. The Balaban J connectivity index is 0.00000196. The van der Waals surface area contributed by atoms with E-state index in [0.717, 1.165) is 25.9 Å². The van der Waals surface area contributed by atoms with Crippen LogP contribution in [0.1, 0.15) is 19.3 Å². The van der Waals surface area contributed by atoms with E-state index in [1.807, 2.05) is 4.90 Å². The molecule has 3 aliphatic rings. The first-order valence-electron chi connectivity index (χ1n) is 8.93. The molecule has 1 aromatic rings. The molecule has 2 fully saturated rings. The predicted molar refractivity (Wildman–Crippen MR) is 101 cm³/mol. The minimum absolute atomic E-state index is 0. The molecule has 26 heavy (non-hydrogen) atoms. The van der Waals surface area contributed by atoms with Crippen LogP contribution in [-0.4, -0.2) is 53.1 Å². The van der Waals surface area contributed by atoms with E-state index in [-0.39, 0.29) is 24.4 Å². The monoisotopic (exact) mass is 400 g/mol. The van der Waals surface area contributed by atoms with E-state index in [4.69, 9.17) is 15.2 Å². The molecule has 1 aliphatic carbocycles. The van der Waals surface area contributed by atoms with Crippen molar-refractivity contribution in [2.45, 2.75) is 30.2 Å². The van der Waals surface area contributed by atoms with Crippen LogP contribution in [-0.2, 0) is 15.6 Å². The first-order chi connectivity index (χ1) is 12.1. The van der Waals surface area contributed by atoms with Gasteiger partial charge < -0.3 is 20.1 Å². The molecule has 2 aliphatic heterocycles. The smallest absolute Gasteiger partial charge is 0.223 e. The lowest BCUT2D eigenvalue weighted by Gasteiger charge is -2.19. The first kappa shape index (κ1) is 19.5. The molecule has 1 aromatic carbocycles. The number of amides is 1. The molecule has 2 N–H and O–H groups in total. The summed E-state index contributed by atoms with van der Waals surface area (Å²) < 4.78 is 23.5. The number of rotatable bonds is 4. The van der Waals surface area contributed by atoms with Crippen molar-refractivity contribution in [3.63, 3.8) is 0 Å². The van der Waals surface area contributed by atoms with Crippen molar-refractivity contribution >= 4 is 29.1 Å². The van der Waals surface area contributed by atoms with Crippen molar-refractivity contribution in [1.29, 1.82) is 0 Å². The molecule has 1 saturated heterocycles. The van der Waals surface area contributed by atoms with Gasteiger partial charge in [-0.15, -0.1) is 12.4 Å². The molecule has 4 atom stereocenters. The van der Waals surface area contributed by atoms with Crippen LogP contribution < -0.4 is 15.2 Å². The fourth-order valence-electron chi connectivity index (χ4n) is 4.13. The van der Waals surface area contributed by atoms with E-state index in [2.05, 4.69) is 0 Å². The summed E-state index contributed by atoms with van der Waals surface area (Å²) in [7, 11) is -1.22. The zero-order valence-corrected chi connectivity index (χ0v) is 16.2. The molecule has 2 heterocycles. The molecule has 0 bridgehead atoms. The molecule has 8 heteroatoms. The Labute approximate surface area is 162 Å². The highest BCUT2D eigenvalue weighted by Gasteiger charge is 2.42. The summed E-state index contributed by atoms with van der Waals surface area (Å²) in [5, 5.41) is 0. The summed E-state index contributed by atoms with van der Waals surface area (Å²) in [6, 6.07) is 5.56. The van der Waals surface area contributed by atoms with Crippen LogP contribution in [0.25, 0.3) is 0 Å². The van der Waals surface area contributed by atoms with Gasteiger partial charge in [0.05, 0.1) is 10.8 Å². The maximum absolute atomic E-state index is 12.5. The molecule has 0 aromatic heterocycles. The minimum atomic E-state index is -1.22. The Bertz CT molecular complexity index is 702. The molecule has 6 nitrogen and oxygen atoms in total. The summed E-state index contributed by atoms with van der Waals surface area (Å²) in [4.78, 5) is 15.0. The van der Waals surface area contributed by atoms with Gasteiger partial charge in [0.1, 0.15) is 13.2 Å². The summed E-state index contributed by atoms with van der Waals surface area (Å²) in [5.41, 5.74) is 6.13. The predicted octanol–water partition coefficient (Wildman–Crippen LogP) is 1.57. The quantitative estimate of drug-likeness (QED) is 0.829. The van der Waals surface area contributed by atoms with Crippen molar-refractivity contribution in [2.24, 2.45) is 17.6 Å². The van der Waals surface area contributed by atoms with E-state index in [9.17, 15) is 9.00 Å². The summed E-state index contributed by atoms with van der Waals surface area (Å²) in [6.07, 6.45) is 2.50. The first-order valence-corrected chi connectivity index (χ1v) is 10.2. The van der Waals surface area contributed by atoms with E-state index in [1.54, 1.807) is 18.2 Å². The van der Waals surface area contributed by atoms with Crippen molar-refractivity contribution in [1.82, 2.24) is 4.90 Å². The standard InChI is InChI=1S/C18H24N2O4S.ClH/c19-15-3-1-12-10-20(11-14(12)15)18(21)5-8-25(22)13-2-4-16-17(9-13)24-7-6-23-16;/h2,4,9,12,14-15H,1,3,5-8,10-11,19H2;1H. The molecule has 144 valence electrons. The number of benzene rings is 1. The van der Waals surface area contributed by atoms with E-state index in [0.29, 0.717) is 53.6 Å². The molecule has 4 unspecified atom stereocenters. The van der Waals surface area contributed by atoms with Gasteiger partial charge in [0, 0.05) is 42.3 Å². The summed E-state index contributed by atoms with van der Waals surface area (Å²) in [6.45, 7) is 2.61. The number of hydrogen-bond acceptors (Lipinski definition) is 5. The van der Waals surface area contributed by atoms with Crippen molar-refractivity contribution < 1.29 is 18.5 Å². The van der Waals surface area contributed by atoms with Crippen molar-refractivity contribution in [2.75, 3.05) is 32.1 Å². The second kappa shape index (κ2) is 8.15. The van der Waals surface area contributed by atoms with E-state index in [1.165, 1.54) is 0 Å². The molecule has 0 spiro atoms. The molecular formula is C18H25ClN2O4S. The number of nitrogens with zero attached hydrogens (tertiary/aromatic N) is 1. The minimum Gasteiger partial charge on any atom is -0.486 e. The fraction of sp³-hybridized carbons (Fsp3) is 0.611. The van der Waals surface area contributed by atoms with Crippen molar-refractivity contribution in [3.8, 4) is 11.5 Å². The van der Waals surface area contributed by atoms with Gasteiger partial charge in [-0.1, -0.05) is 0 Å². The van der Waals surface area contributed by atoms with E-state index >= 15 is 0 Å². The number of fused-ring (bicyclic) bond motifs is 2. The Morgan fingerprint density at radius 2 is 1.96 bits per heavy atom. The van der Waals surface area contributed by atoms with Gasteiger partial charge in [0.15, 0.2) is 11.5 Å². The summed E-state index contributed by atoms with van der Waals surface area (Å²) >= 11 is 0. The molecule has 0 radical (unpaired) electrons. The lowest BCUT2D eigenvalue weighted by atomic mass is 9.98. The number of ether oxygens (including phenoxy) is 2. The highest BCUT2D eigenvalue weighted by atomic mass is 35.5. The lowest BCUT2D eigenvalue weighted by molar-refractivity contribution is -0.130. The highest BCUT2D eigenvalue weighted by Crippen LogP contribution is 2.37. The normalized spacial score (nSPS) is 27.6. The number of nitrogens with two attached hydrogens (primary N) is 1. The third kappa shape index (κ3) is 3.85. The van der Waals surface area contributed by atoms with Crippen LogP contribution in [0.3, 0.4) is 0 Å². The van der Waals surface area contributed by atoms with Gasteiger partial charge in [-0.25, -0.2) is 0 Å². The topological polar surface area (TPSA) is 81.9 Å². The van der Waals surface area contributed by atoms with Gasteiger partial charge in [0.2, 0.25) is 5.91 Å². The SMILES string of the molecule is Cl.NC1CCC2CN(C(=O)CCS(=O)c3ccc4c(c3)OCCO4)CC12. The van der Waals surface area contributed by atoms with Crippen LogP contribution in [0.4, 0.5) is 0 Å². The third-order valence-corrected chi connectivity index (χ3v) is 6.90. The zero-order chi connectivity index (χ0) is 17.4. The van der Waals surface area contributed by atoms with Crippen LogP contribution in [0.15, 0.2) is 23.1 Å². The molecule has 1 saturated carbocycles. The zero-order valence-electron chi connectivity index (χ0n) is 14.6. The average molecular weight is 401 g/mol. The van der Waals surface area contributed by atoms with Gasteiger partial charge in [-0.05, 0) is 36.8 Å². The number of likely N-dealkylation sites (tertiary alicyclic amines) is 1. The van der Waals surface area contributed by atoms with Gasteiger partial charge in [-0.2, -0.15) is 0 Å². The fourth-order valence-corrected chi connectivity index (χ4v) is 5.19. The third-order valence-electron chi connectivity index (χ3n) is 5.54. The number of halogens is 1. The lowest BCUT2D eigenvalue weighted by Crippen LogP contribution is -2.34. The second-order valence-corrected chi connectivity index (χ2v) is 8.64. The van der Waals surface area contributed by atoms with Crippen LogP contribution in [0.2, 0.25) is 0 Å².